The Kier molecular flexibility index (Phi) is 2.86. The molecule has 1 N–H and O–H groups in total. The molecule has 2 rings (SSSR count). The molecule has 1 heterocycles. The average molecular weight is 219 g/mol. The number of aromatic hydroxyl groups is 1. The summed E-state index contributed by atoms with van der Waals surface area (Å²) < 4.78 is 0. The zero-order chi connectivity index (χ0) is 11.7. The number of carbonyl (C=O) groups excluding carboxylic acids is 1. The lowest BCUT2D eigenvalue weighted by Gasteiger charge is -2.17. The van der Waals surface area contributed by atoms with Gasteiger partial charge in [-0.25, -0.2) is 0 Å². The highest BCUT2D eigenvalue weighted by molar-refractivity contribution is 5.97. The number of para-hydroxylation sites is 1. The Morgan fingerprint density at radius 3 is 2.88 bits per heavy atom. The largest absolute Gasteiger partial charge is 0.507 e. The van der Waals surface area contributed by atoms with E-state index < -0.39 is 0 Å². The molecule has 1 aromatic rings. The molecule has 1 saturated heterocycles. The summed E-state index contributed by atoms with van der Waals surface area (Å²) in [5, 5.41) is 9.85. The van der Waals surface area contributed by atoms with Crippen molar-refractivity contribution in [1.82, 2.24) is 4.90 Å². The van der Waals surface area contributed by atoms with Crippen LogP contribution in [0.1, 0.15) is 29.3 Å². The van der Waals surface area contributed by atoms with E-state index in [9.17, 15) is 9.90 Å². The SMILES string of the molecule is Cc1cccc(C(=O)N2CCC(C)C2)c1O. The highest BCUT2D eigenvalue weighted by atomic mass is 16.3. The number of phenols is 1. The predicted molar refractivity (Wildman–Crippen MR) is 62.5 cm³/mol. The molecular weight excluding hydrogens is 202 g/mol. The van der Waals surface area contributed by atoms with Crippen molar-refractivity contribution < 1.29 is 9.90 Å². The van der Waals surface area contributed by atoms with E-state index in [2.05, 4.69) is 6.92 Å². The number of carbonyl (C=O) groups is 1. The van der Waals surface area contributed by atoms with Crippen LogP contribution in [0.15, 0.2) is 18.2 Å². The van der Waals surface area contributed by atoms with Crippen molar-refractivity contribution in [1.29, 1.82) is 0 Å². The van der Waals surface area contributed by atoms with Crippen molar-refractivity contribution in [3.05, 3.63) is 29.3 Å². The van der Waals surface area contributed by atoms with Gasteiger partial charge in [0.1, 0.15) is 5.75 Å². The van der Waals surface area contributed by atoms with Gasteiger partial charge in [-0.1, -0.05) is 19.1 Å². The first-order valence-electron chi connectivity index (χ1n) is 5.67. The summed E-state index contributed by atoms with van der Waals surface area (Å²) in [4.78, 5) is 14.0. The van der Waals surface area contributed by atoms with Gasteiger partial charge in [-0.15, -0.1) is 0 Å². The summed E-state index contributed by atoms with van der Waals surface area (Å²) >= 11 is 0. The molecule has 1 aromatic carbocycles. The number of rotatable bonds is 1. The van der Waals surface area contributed by atoms with E-state index in [1.165, 1.54) is 0 Å². The number of likely N-dealkylation sites (tertiary alicyclic amines) is 1. The third-order valence-electron chi connectivity index (χ3n) is 3.18. The van der Waals surface area contributed by atoms with Gasteiger partial charge in [0.05, 0.1) is 5.56 Å². The van der Waals surface area contributed by atoms with Crippen molar-refractivity contribution in [2.45, 2.75) is 20.3 Å². The molecule has 3 heteroatoms. The van der Waals surface area contributed by atoms with Crippen molar-refractivity contribution in [2.24, 2.45) is 5.92 Å². The molecule has 1 fully saturated rings. The van der Waals surface area contributed by atoms with Crippen molar-refractivity contribution in [3.63, 3.8) is 0 Å². The number of benzene rings is 1. The molecule has 1 unspecified atom stereocenters. The number of hydrogen-bond donors (Lipinski definition) is 1. The number of phenolic OH excluding ortho intramolecular Hbond substituents is 1. The van der Waals surface area contributed by atoms with Crippen LogP contribution in [0, 0.1) is 12.8 Å². The minimum Gasteiger partial charge on any atom is -0.507 e. The second-order valence-electron chi connectivity index (χ2n) is 4.62. The maximum atomic E-state index is 12.1. The standard InChI is InChI=1S/C13H17NO2/c1-9-6-7-14(8-9)13(16)11-5-3-4-10(2)12(11)15/h3-5,9,15H,6-8H2,1-2H3. The fourth-order valence-corrected chi connectivity index (χ4v) is 2.12. The fraction of sp³-hybridized carbons (Fsp3) is 0.462. The fourth-order valence-electron chi connectivity index (χ4n) is 2.12. The van der Waals surface area contributed by atoms with E-state index in [1.807, 2.05) is 11.0 Å². The Hall–Kier alpha value is -1.51. The molecular formula is C13H17NO2. The Morgan fingerprint density at radius 2 is 2.25 bits per heavy atom. The van der Waals surface area contributed by atoms with Crippen molar-refractivity contribution >= 4 is 5.91 Å². The molecule has 3 nitrogen and oxygen atoms in total. The number of hydrogen-bond acceptors (Lipinski definition) is 2. The lowest BCUT2D eigenvalue weighted by molar-refractivity contribution is 0.0785. The number of aryl methyl sites for hydroxylation is 1. The van der Waals surface area contributed by atoms with Gasteiger partial charge >= 0.3 is 0 Å². The first-order chi connectivity index (χ1) is 7.59. The molecule has 0 radical (unpaired) electrons. The van der Waals surface area contributed by atoms with Gasteiger partial charge in [0.25, 0.3) is 5.91 Å². The molecule has 1 aliphatic rings. The molecule has 0 bridgehead atoms. The van der Waals surface area contributed by atoms with Gasteiger partial charge < -0.3 is 10.0 Å². The van der Waals surface area contributed by atoms with Gasteiger partial charge in [-0.3, -0.25) is 4.79 Å². The summed E-state index contributed by atoms with van der Waals surface area (Å²) in [5.74, 6) is 0.633. The number of nitrogens with zero attached hydrogens (tertiary/aromatic N) is 1. The van der Waals surface area contributed by atoms with Gasteiger partial charge in [0.15, 0.2) is 0 Å². The summed E-state index contributed by atoms with van der Waals surface area (Å²) in [6.45, 7) is 5.54. The lowest BCUT2D eigenvalue weighted by Crippen LogP contribution is -2.28. The Morgan fingerprint density at radius 1 is 1.50 bits per heavy atom. The van der Waals surface area contributed by atoms with Crippen LogP contribution >= 0.6 is 0 Å². The van der Waals surface area contributed by atoms with E-state index in [0.29, 0.717) is 11.5 Å². The first kappa shape index (κ1) is 11.0. The summed E-state index contributed by atoms with van der Waals surface area (Å²) in [5.41, 5.74) is 1.17. The Labute approximate surface area is 95.7 Å². The zero-order valence-corrected chi connectivity index (χ0v) is 9.73. The second kappa shape index (κ2) is 4.16. The minimum absolute atomic E-state index is 0.0504. The zero-order valence-electron chi connectivity index (χ0n) is 9.73. The summed E-state index contributed by atoms with van der Waals surface area (Å²) in [7, 11) is 0. The van der Waals surface area contributed by atoms with Crippen LogP contribution in [-0.4, -0.2) is 29.0 Å². The molecule has 86 valence electrons. The molecule has 16 heavy (non-hydrogen) atoms. The van der Waals surface area contributed by atoms with Crippen LogP contribution < -0.4 is 0 Å². The Balaban J connectivity index is 2.24. The first-order valence-corrected chi connectivity index (χ1v) is 5.67. The van der Waals surface area contributed by atoms with Crippen LogP contribution in [-0.2, 0) is 0 Å². The minimum atomic E-state index is -0.0504. The maximum Gasteiger partial charge on any atom is 0.257 e. The van der Waals surface area contributed by atoms with Crippen molar-refractivity contribution in [2.75, 3.05) is 13.1 Å². The lowest BCUT2D eigenvalue weighted by atomic mass is 10.1. The van der Waals surface area contributed by atoms with Gasteiger partial charge in [0.2, 0.25) is 0 Å². The van der Waals surface area contributed by atoms with Crippen LogP contribution in [0.4, 0.5) is 0 Å². The highest BCUT2D eigenvalue weighted by Gasteiger charge is 2.25. The van der Waals surface area contributed by atoms with E-state index in [1.54, 1.807) is 19.1 Å². The average Bonchev–Trinajstić information content (AvgIpc) is 2.68. The highest BCUT2D eigenvalue weighted by Crippen LogP contribution is 2.25. The van der Waals surface area contributed by atoms with Crippen LogP contribution in [0.3, 0.4) is 0 Å². The summed E-state index contributed by atoms with van der Waals surface area (Å²) in [6.07, 6.45) is 1.05. The van der Waals surface area contributed by atoms with E-state index in [4.69, 9.17) is 0 Å². The molecule has 0 spiro atoms. The van der Waals surface area contributed by atoms with Gasteiger partial charge in [-0.05, 0) is 30.9 Å². The quantitative estimate of drug-likeness (QED) is 0.786. The van der Waals surface area contributed by atoms with E-state index in [0.717, 1.165) is 25.1 Å². The van der Waals surface area contributed by atoms with Crippen LogP contribution in [0.25, 0.3) is 0 Å². The van der Waals surface area contributed by atoms with Crippen LogP contribution in [0.2, 0.25) is 0 Å². The normalized spacial score (nSPS) is 20.1. The molecule has 0 aromatic heterocycles. The summed E-state index contributed by atoms with van der Waals surface area (Å²) in [6, 6.07) is 5.30. The topological polar surface area (TPSA) is 40.5 Å². The molecule has 1 aliphatic heterocycles. The van der Waals surface area contributed by atoms with Crippen molar-refractivity contribution in [3.8, 4) is 5.75 Å². The number of amides is 1. The molecule has 0 aliphatic carbocycles. The smallest absolute Gasteiger partial charge is 0.257 e. The molecule has 1 amide bonds. The van der Waals surface area contributed by atoms with E-state index >= 15 is 0 Å². The predicted octanol–water partition coefficient (Wildman–Crippen LogP) is 2.18. The molecule has 0 saturated carbocycles. The van der Waals surface area contributed by atoms with E-state index in [-0.39, 0.29) is 11.7 Å². The second-order valence-corrected chi connectivity index (χ2v) is 4.62. The molecule has 1 atom stereocenters. The Bertz CT molecular complexity index is 414. The van der Waals surface area contributed by atoms with Gasteiger partial charge in [0, 0.05) is 13.1 Å². The van der Waals surface area contributed by atoms with Crippen LogP contribution in [0.5, 0.6) is 5.75 Å². The van der Waals surface area contributed by atoms with Gasteiger partial charge in [-0.2, -0.15) is 0 Å². The third kappa shape index (κ3) is 1.90. The monoisotopic (exact) mass is 219 g/mol. The maximum absolute atomic E-state index is 12.1. The third-order valence-corrected chi connectivity index (χ3v) is 3.18.